The zero-order valence-corrected chi connectivity index (χ0v) is 18.0. The van der Waals surface area contributed by atoms with Crippen molar-refractivity contribution in [3.8, 4) is 5.75 Å². The highest BCUT2D eigenvalue weighted by Crippen LogP contribution is 2.28. The highest BCUT2D eigenvalue weighted by atomic mass is 35.5. The van der Waals surface area contributed by atoms with Gasteiger partial charge in [-0.3, -0.25) is 0 Å². The minimum absolute atomic E-state index is 0. The van der Waals surface area contributed by atoms with Gasteiger partial charge in [-0.05, 0) is 57.6 Å². The maximum Gasteiger partial charge on any atom is 0.317 e. The van der Waals surface area contributed by atoms with Crippen LogP contribution < -0.4 is 10.1 Å². The molecule has 9 heteroatoms. The van der Waals surface area contributed by atoms with Crippen LogP contribution in [-0.4, -0.2) is 76.9 Å². The molecule has 0 saturated carbocycles. The lowest BCUT2D eigenvalue weighted by molar-refractivity contribution is 0.186. The van der Waals surface area contributed by atoms with E-state index in [1.807, 2.05) is 19.0 Å². The van der Waals surface area contributed by atoms with E-state index in [4.69, 9.17) is 4.74 Å². The second kappa shape index (κ2) is 10.1. The summed E-state index contributed by atoms with van der Waals surface area (Å²) in [5, 5.41) is 2.28. The highest BCUT2D eigenvalue weighted by molar-refractivity contribution is 7.92. The molecule has 1 atom stereocenters. The van der Waals surface area contributed by atoms with Crippen LogP contribution in [0.2, 0.25) is 0 Å². The second-order valence-electron chi connectivity index (χ2n) is 6.92. The van der Waals surface area contributed by atoms with Crippen LogP contribution in [0.1, 0.15) is 18.4 Å². The average Bonchev–Trinajstić information content (AvgIpc) is 2.61. The van der Waals surface area contributed by atoms with Crippen molar-refractivity contribution in [2.75, 3.05) is 47.4 Å². The number of hydrogen-bond acceptors (Lipinski definition) is 5. The van der Waals surface area contributed by atoms with Crippen LogP contribution in [-0.2, 0) is 9.84 Å². The molecule has 0 radical (unpaired) electrons. The minimum Gasteiger partial charge on any atom is -0.497 e. The molecule has 0 spiro atoms. The molecular weight excluding hydrogens is 390 g/mol. The summed E-state index contributed by atoms with van der Waals surface area (Å²) in [6.07, 6.45) is 1.25. The van der Waals surface area contributed by atoms with E-state index in [1.54, 1.807) is 37.1 Å². The van der Waals surface area contributed by atoms with E-state index in [-0.39, 0.29) is 25.0 Å². The van der Waals surface area contributed by atoms with Crippen molar-refractivity contribution in [1.29, 1.82) is 0 Å². The SMILES string of the molecule is COc1ccc(S(=O)(=O)C2CCCN(C(=O)NCCN(C)C)C2)c(C)c1.Cl. The number of halogens is 1. The molecule has 0 bridgehead atoms. The topological polar surface area (TPSA) is 79.0 Å². The molecule has 1 heterocycles. The molecule has 7 nitrogen and oxygen atoms in total. The fourth-order valence-electron chi connectivity index (χ4n) is 3.12. The summed E-state index contributed by atoms with van der Waals surface area (Å²) in [6, 6.07) is 4.79. The predicted octanol–water partition coefficient (Wildman–Crippen LogP) is 1.93. The van der Waals surface area contributed by atoms with Crippen LogP contribution in [0, 0.1) is 6.92 Å². The van der Waals surface area contributed by atoms with Crippen molar-refractivity contribution in [2.24, 2.45) is 0 Å². The summed E-state index contributed by atoms with van der Waals surface area (Å²) in [4.78, 5) is 16.2. The van der Waals surface area contributed by atoms with Gasteiger partial charge in [0.2, 0.25) is 0 Å². The smallest absolute Gasteiger partial charge is 0.317 e. The number of sulfone groups is 1. The molecule has 0 aliphatic carbocycles. The summed E-state index contributed by atoms with van der Waals surface area (Å²) in [7, 11) is 1.92. The van der Waals surface area contributed by atoms with Gasteiger partial charge in [-0.1, -0.05) is 0 Å². The number of methoxy groups -OCH3 is 1. The van der Waals surface area contributed by atoms with E-state index in [0.29, 0.717) is 42.1 Å². The largest absolute Gasteiger partial charge is 0.497 e. The van der Waals surface area contributed by atoms with Gasteiger partial charge in [-0.15, -0.1) is 12.4 Å². The molecule has 1 fully saturated rings. The number of nitrogens with one attached hydrogen (secondary N) is 1. The van der Waals surface area contributed by atoms with Crippen molar-refractivity contribution >= 4 is 28.3 Å². The Bertz CT molecular complexity index is 740. The van der Waals surface area contributed by atoms with E-state index in [0.717, 1.165) is 6.54 Å². The van der Waals surface area contributed by atoms with Gasteiger partial charge in [0.15, 0.2) is 9.84 Å². The number of likely N-dealkylation sites (N-methyl/N-ethyl adjacent to an activating group) is 1. The first-order chi connectivity index (χ1) is 12.3. The maximum atomic E-state index is 13.1. The maximum absolute atomic E-state index is 13.1. The Morgan fingerprint density at radius 1 is 1.37 bits per heavy atom. The van der Waals surface area contributed by atoms with Gasteiger partial charge in [-0.25, -0.2) is 13.2 Å². The van der Waals surface area contributed by atoms with Crippen LogP contribution in [0.25, 0.3) is 0 Å². The lowest BCUT2D eigenvalue weighted by atomic mass is 10.1. The fourth-order valence-corrected chi connectivity index (χ4v) is 5.10. The first kappa shape index (κ1) is 23.5. The third-order valence-corrected chi connectivity index (χ3v) is 6.96. The van der Waals surface area contributed by atoms with E-state index < -0.39 is 15.1 Å². The van der Waals surface area contributed by atoms with Crippen LogP contribution in [0.3, 0.4) is 0 Å². The Labute approximate surface area is 168 Å². The quantitative estimate of drug-likeness (QED) is 0.762. The van der Waals surface area contributed by atoms with Gasteiger partial charge in [0, 0.05) is 26.2 Å². The monoisotopic (exact) mass is 419 g/mol. The summed E-state index contributed by atoms with van der Waals surface area (Å²) in [5.41, 5.74) is 0.664. The molecule has 1 N–H and O–H groups in total. The second-order valence-corrected chi connectivity index (χ2v) is 9.12. The van der Waals surface area contributed by atoms with Crippen LogP contribution in [0.15, 0.2) is 23.1 Å². The van der Waals surface area contributed by atoms with E-state index in [2.05, 4.69) is 5.32 Å². The standard InChI is InChI=1S/C18H29N3O4S.ClH/c1-14-12-15(25-4)7-8-17(14)26(23,24)16-6-5-10-21(13-16)18(22)19-9-11-20(2)3;/h7-8,12,16H,5-6,9-11,13H2,1-4H3,(H,19,22);1H. The summed E-state index contributed by atoms with van der Waals surface area (Å²) >= 11 is 0. The molecule has 0 aromatic heterocycles. The molecule has 1 unspecified atom stereocenters. The van der Waals surface area contributed by atoms with E-state index >= 15 is 0 Å². The molecular formula is C18H30ClN3O4S. The number of amides is 2. The van der Waals surface area contributed by atoms with E-state index in [1.165, 1.54) is 0 Å². The molecule has 1 saturated heterocycles. The van der Waals surface area contributed by atoms with Crippen molar-refractivity contribution in [3.63, 3.8) is 0 Å². The van der Waals surface area contributed by atoms with Crippen molar-refractivity contribution < 1.29 is 17.9 Å². The molecule has 2 rings (SSSR count). The molecule has 1 aromatic rings. The summed E-state index contributed by atoms with van der Waals surface area (Å²) in [6.45, 7) is 3.86. The zero-order chi connectivity index (χ0) is 19.3. The van der Waals surface area contributed by atoms with Gasteiger partial charge < -0.3 is 19.9 Å². The molecule has 1 aliphatic heterocycles. The number of urea groups is 1. The number of likely N-dealkylation sites (tertiary alicyclic amines) is 1. The normalized spacial score (nSPS) is 17.4. The Morgan fingerprint density at radius 2 is 2.07 bits per heavy atom. The van der Waals surface area contributed by atoms with Gasteiger partial charge in [0.1, 0.15) is 5.75 Å². The molecule has 154 valence electrons. The predicted molar refractivity (Wildman–Crippen MR) is 109 cm³/mol. The Morgan fingerprint density at radius 3 is 2.67 bits per heavy atom. The number of ether oxygens (including phenoxy) is 1. The number of piperidine rings is 1. The number of aryl methyl sites for hydroxylation is 1. The van der Waals surface area contributed by atoms with Crippen LogP contribution in [0.4, 0.5) is 4.79 Å². The third kappa shape index (κ3) is 5.99. The van der Waals surface area contributed by atoms with Crippen molar-refractivity contribution in [3.05, 3.63) is 23.8 Å². The van der Waals surface area contributed by atoms with Gasteiger partial charge >= 0.3 is 6.03 Å². The lowest BCUT2D eigenvalue weighted by Gasteiger charge is -2.32. The molecule has 1 aliphatic rings. The zero-order valence-electron chi connectivity index (χ0n) is 16.4. The number of rotatable bonds is 6. The summed E-state index contributed by atoms with van der Waals surface area (Å²) < 4.78 is 31.3. The first-order valence-electron chi connectivity index (χ1n) is 8.81. The van der Waals surface area contributed by atoms with Crippen LogP contribution in [0.5, 0.6) is 5.75 Å². The average molecular weight is 420 g/mol. The minimum atomic E-state index is -3.50. The Kier molecular flexibility index (Phi) is 8.84. The lowest BCUT2D eigenvalue weighted by Crippen LogP contribution is -2.50. The Hall–Kier alpha value is -1.51. The number of carbonyl (C=O) groups is 1. The van der Waals surface area contributed by atoms with E-state index in [9.17, 15) is 13.2 Å². The van der Waals surface area contributed by atoms with Gasteiger partial charge in [-0.2, -0.15) is 0 Å². The highest BCUT2D eigenvalue weighted by Gasteiger charge is 2.34. The summed E-state index contributed by atoms with van der Waals surface area (Å²) in [5.74, 6) is 0.631. The van der Waals surface area contributed by atoms with Crippen molar-refractivity contribution in [2.45, 2.75) is 29.9 Å². The van der Waals surface area contributed by atoms with Gasteiger partial charge in [0.25, 0.3) is 0 Å². The number of hydrogen-bond donors (Lipinski definition) is 1. The number of nitrogens with zero attached hydrogens (tertiary/aromatic N) is 2. The number of benzene rings is 1. The third-order valence-electron chi connectivity index (χ3n) is 4.63. The molecule has 1 aromatic carbocycles. The molecule has 2 amide bonds. The Balaban J connectivity index is 0.00000364. The molecule has 27 heavy (non-hydrogen) atoms. The van der Waals surface area contributed by atoms with Crippen LogP contribution >= 0.6 is 12.4 Å². The number of carbonyl (C=O) groups excluding carboxylic acids is 1. The van der Waals surface area contributed by atoms with Gasteiger partial charge in [0.05, 0.1) is 17.3 Å². The van der Waals surface area contributed by atoms with Crippen molar-refractivity contribution in [1.82, 2.24) is 15.1 Å². The fraction of sp³-hybridized carbons (Fsp3) is 0.611. The first-order valence-corrected chi connectivity index (χ1v) is 10.4.